The van der Waals surface area contributed by atoms with E-state index in [2.05, 4.69) is 0 Å². The van der Waals surface area contributed by atoms with Crippen molar-refractivity contribution < 1.29 is 61.9 Å². The number of carboxylic acid groups (broad SMARTS) is 1. The summed E-state index contributed by atoms with van der Waals surface area (Å²) in [6.45, 7) is 3.77. The molecule has 3 aromatic rings. The zero-order chi connectivity index (χ0) is 32.1. The first-order valence-corrected chi connectivity index (χ1v) is 13.2. The van der Waals surface area contributed by atoms with E-state index in [9.17, 15) is 33.9 Å². The molecule has 1 saturated heterocycles. The predicted molar refractivity (Wildman–Crippen MR) is 147 cm³/mol. The third-order valence-corrected chi connectivity index (χ3v) is 6.34. The average molecular weight is 613 g/mol. The number of carbonyl (C=O) groups excluding carboxylic acids is 4. The number of para-hydroxylation sites is 1. The quantitative estimate of drug-likeness (QED) is 0.274. The second kappa shape index (κ2) is 13.4. The Morgan fingerprint density at radius 1 is 0.773 bits per heavy atom. The van der Waals surface area contributed by atoms with Crippen LogP contribution in [0.4, 0.5) is 0 Å². The third-order valence-electron chi connectivity index (χ3n) is 6.34. The first kappa shape index (κ1) is 31.7. The molecule has 14 nitrogen and oxygen atoms in total. The number of fused-ring (bicyclic) bond motifs is 1. The van der Waals surface area contributed by atoms with Crippen LogP contribution in [-0.4, -0.2) is 72.3 Å². The van der Waals surface area contributed by atoms with Gasteiger partial charge in [-0.15, -0.1) is 0 Å². The van der Waals surface area contributed by atoms with Gasteiger partial charge < -0.3 is 37.9 Å². The highest BCUT2D eigenvalue weighted by Crippen LogP contribution is 2.36. The van der Waals surface area contributed by atoms with Crippen LogP contribution in [0, 0.1) is 0 Å². The van der Waals surface area contributed by atoms with Crippen LogP contribution >= 0.6 is 0 Å². The van der Waals surface area contributed by atoms with Crippen molar-refractivity contribution in [3.63, 3.8) is 0 Å². The Kier molecular flexibility index (Phi) is 9.63. The number of carbonyl (C=O) groups is 5. The molecule has 0 saturated carbocycles. The minimum Gasteiger partial charge on any atom is -0.478 e. The van der Waals surface area contributed by atoms with E-state index in [0.717, 1.165) is 27.7 Å². The largest absolute Gasteiger partial charge is 0.478 e. The molecule has 1 fully saturated rings. The minimum absolute atomic E-state index is 0.0245. The molecule has 0 amide bonds. The topological polar surface area (TPSA) is 191 Å². The van der Waals surface area contributed by atoms with Gasteiger partial charge in [0.25, 0.3) is 0 Å². The predicted octanol–water partition coefficient (Wildman–Crippen LogP) is 2.62. The molecule has 5 atom stereocenters. The van der Waals surface area contributed by atoms with E-state index in [0.29, 0.717) is 0 Å². The normalized spacial score (nSPS) is 21.1. The summed E-state index contributed by atoms with van der Waals surface area (Å²) in [5.41, 5.74) is -0.878. The zero-order valence-electron chi connectivity index (χ0n) is 24.0. The molecule has 0 radical (unpaired) electrons. The van der Waals surface area contributed by atoms with Crippen molar-refractivity contribution in [3.05, 3.63) is 64.3 Å². The van der Waals surface area contributed by atoms with E-state index in [1.807, 2.05) is 0 Å². The summed E-state index contributed by atoms with van der Waals surface area (Å²) in [4.78, 5) is 74.0. The van der Waals surface area contributed by atoms with Crippen molar-refractivity contribution in [2.75, 3.05) is 6.61 Å². The fourth-order valence-corrected chi connectivity index (χ4v) is 4.68. The molecule has 4 rings (SSSR count). The summed E-state index contributed by atoms with van der Waals surface area (Å²) in [5, 5.41) is 9.91. The molecule has 14 heteroatoms. The summed E-state index contributed by atoms with van der Waals surface area (Å²) in [7, 11) is 0. The van der Waals surface area contributed by atoms with Gasteiger partial charge in [-0.3, -0.25) is 24.0 Å². The fraction of sp³-hybridized carbons (Fsp3) is 0.333. The molecule has 2 aromatic carbocycles. The molecule has 1 aliphatic heterocycles. The van der Waals surface area contributed by atoms with Crippen LogP contribution in [0.1, 0.15) is 38.1 Å². The van der Waals surface area contributed by atoms with Crippen molar-refractivity contribution in [3.8, 4) is 17.1 Å². The average Bonchev–Trinajstić information content (AvgIpc) is 2.95. The van der Waals surface area contributed by atoms with Crippen LogP contribution in [-0.2, 0) is 42.9 Å². The molecule has 44 heavy (non-hydrogen) atoms. The van der Waals surface area contributed by atoms with Crippen molar-refractivity contribution >= 4 is 40.8 Å². The van der Waals surface area contributed by atoms with Gasteiger partial charge in [0.05, 0.1) is 10.9 Å². The van der Waals surface area contributed by atoms with Crippen molar-refractivity contribution in [2.24, 2.45) is 0 Å². The van der Waals surface area contributed by atoms with E-state index in [1.54, 1.807) is 12.1 Å². The molecule has 0 spiro atoms. The molecule has 232 valence electrons. The van der Waals surface area contributed by atoms with Gasteiger partial charge in [-0.25, -0.2) is 4.79 Å². The van der Waals surface area contributed by atoms with E-state index >= 15 is 0 Å². The highest BCUT2D eigenvalue weighted by Gasteiger charge is 2.53. The van der Waals surface area contributed by atoms with Crippen LogP contribution < -0.4 is 10.2 Å². The van der Waals surface area contributed by atoms with Crippen molar-refractivity contribution in [1.29, 1.82) is 0 Å². The van der Waals surface area contributed by atoms with Gasteiger partial charge in [0.1, 0.15) is 18.3 Å². The Hall–Kier alpha value is -5.24. The van der Waals surface area contributed by atoms with Crippen molar-refractivity contribution in [1.82, 2.24) is 0 Å². The summed E-state index contributed by atoms with van der Waals surface area (Å²) in [5.74, 6) is -5.44. The fourth-order valence-electron chi connectivity index (χ4n) is 4.68. The number of esters is 4. The number of rotatable bonds is 9. The van der Waals surface area contributed by atoms with Gasteiger partial charge >= 0.3 is 29.8 Å². The lowest BCUT2D eigenvalue weighted by Crippen LogP contribution is -2.63. The molecule has 0 unspecified atom stereocenters. The van der Waals surface area contributed by atoms with Crippen LogP contribution in [0.5, 0.6) is 5.75 Å². The van der Waals surface area contributed by atoms with Gasteiger partial charge in [0.2, 0.25) is 23.6 Å². The van der Waals surface area contributed by atoms with E-state index in [-0.39, 0.29) is 27.9 Å². The molecule has 0 bridgehead atoms. The number of aromatic carboxylic acids is 1. The number of hydrogen-bond acceptors (Lipinski definition) is 13. The Labute approximate surface area is 249 Å². The smallest absolute Gasteiger partial charge is 0.336 e. The van der Waals surface area contributed by atoms with Crippen LogP contribution in [0.15, 0.2) is 57.7 Å². The molecular formula is C30H28O14. The SMILES string of the molecule is CC(=O)OC[C@H]1O[C@@H](Oc2c(-c3ccccc3C(=O)O)oc3ccccc3c2=O)[C@H](OC(C)=O)[C@@H](OC(C)=O)[C@@H]1OC(C)=O. The third kappa shape index (κ3) is 7.03. The standard InChI is InChI=1S/C30H28O14/c1-14(31)38-13-22-25(39-15(2)32)27(40-16(3)33)28(41-17(4)34)30(43-22)44-26-23(35)20-11-7-8-12-21(20)42-24(26)18-9-5-6-10-19(18)29(36)37/h5-12,22,25,27-28,30H,13H2,1-4H3,(H,36,37)/t22-,25-,27+,28-,30+/m1/s1. The summed E-state index contributed by atoms with van der Waals surface area (Å²) >= 11 is 0. The maximum absolute atomic E-state index is 13.9. The van der Waals surface area contributed by atoms with Crippen molar-refractivity contribution in [2.45, 2.75) is 58.4 Å². The lowest BCUT2D eigenvalue weighted by Gasteiger charge is -2.43. The number of carboxylic acids is 1. The van der Waals surface area contributed by atoms with Crippen LogP contribution in [0.2, 0.25) is 0 Å². The van der Waals surface area contributed by atoms with E-state index in [1.165, 1.54) is 36.4 Å². The molecule has 2 heterocycles. The number of benzene rings is 2. The number of hydrogen-bond donors (Lipinski definition) is 1. The van der Waals surface area contributed by atoms with Gasteiger partial charge in [0, 0.05) is 33.3 Å². The molecule has 1 aliphatic rings. The first-order chi connectivity index (χ1) is 20.9. The monoisotopic (exact) mass is 612 g/mol. The Balaban J connectivity index is 1.92. The molecular weight excluding hydrogens is 584 g/mol. The van der Waals surface area contributed by atoms with Gasteiger partial charge in [-0.05, 0) is 18.2 Å². The van der Waals surface area contributed by atoms with Gasteiger partial charge in [0.15, 0.2) is 18.0 Å². The maximum atomic E-state index is 13.9. The lowest BCUT2D eigenvalue weighted by molar-refractivity contribution is -0.288. The first-order valence-electron chi connectivity index (χ1n) is 13.2. The summed E-state index contributed by atoms with van der Waals surface area (Å²) in [6.07, 6.45) is -7.80. The van der Waals surface area contributed by atoms with Crippen LogP contribution in [0.25, 0.3) is 22.3 Å². The van der Waals surface area contributed by atoms with Crippen LogP contribution in [0.3, 0.4) is 0 Å². The van der Waals surface area contributed by atoms with Gasteiger partial charge in [-0.2, -0.15) is 0 Å². The van der Waals surface area contributed by atoms with E-state index < -0.39 is 78.3 Å². The Morgan fingerprint density at radius 2 is 1.36 bits per heavy atom. The molecule has 0 aliphatic carbocycles. The summed E-state index contributed by atoms with van der Waals surface area (Å²) < 4.78 is 39.3. The molecule has 1 N–H and O–H groups in total. The van der Waals surface area contributed by atoms with E-state index in [4.69, 9.17) is 32.8 Å². The Morgan fingerprint density at radius 3 is 2.00 bits per heavy atom. The highest BCUT2D eigenvalue weighted by molar-refractivity contribution is 5.96. The maximum Gasteiger partial charge on any atom is 0.336 e. The lowest BCUT2D eigenvalue weighted by atomic mass is 9.98. The second-order valence-corrected chi connectivity index (χ2v) is 9.62. The Bertz CT molecular complexity index is 1660. The molecule has 1 aromatic heterocycles. The second-order valence-electron chi connectivity index (χ2n) is 9.62. The zero-order valence-corrected chi connectivity index (χ0v) is 24.0. The summed E-state index contributed by atoms with van der Waals surface area (Å²) in [6, 6.07) is 11.8. The minimum atomic E-state index is -1.77. The highest BCUT2D eigenvalue weighted by atomic mass is 16.7. The van der Waals surface area contributed by atoms with Gasteiger partial charge in [-0.1, -0.05) is 30.3 Å². The number of ether oxygens (including phenoxy) is 6.